The molecule has 0 bridgehead atoms. The van der Waals surface area contributed by atoms with E-state index in [-0.39, 0.29) is 17.6 Å². The van der Waals surface area contributed by atoms with Gasteiger partial charge in [-0.25, -0.2) is 4.79 Å². The molecule has 6 nitrogen and oxygen atoms in total. The van der Waals surface area contributed by atoms with E-state index in [1.807, 2.05) is 45.9 Å². The predicted molar refractivity (Wildman–Crippen MR) is 107 cm³/mol. The van der Waals surface area contributed by atoms with Gasteiger partial charge in [-0.15, -0.1) is 0 Å². The lowest BCUT2D eigenvalue weighted by Gasteiger charge is -2.33. The van der Waals surface area contributed by atoms with Gasteiger partial charge in [0.25, 0.3) is 5.91 Å². The van der Waals surface area contributed by atoms with Gasteiger partial charge in [0, 0.05) is 30.6 Å². The third-order valence-corrected chi connectivity index (χ3v) is 5.97. The Morgan fingerprint density at radius 3 is 2.75 bits per heavy atom. The highest BCUT2D eigenvalue weighted by atomic mass is 35.5. The van der Waals surface area contributed by atoms with Crippen LogP contribution in [0.15, 0.2) is 47.3 Å². The summed E-state index contributed by atoms with van der Waals surface area (Å²) in [5.41, 5.74) is 2.66. The van der Waals surface area contributed by atoms with Crippen LogP contribution in [0.4, 0.5) is 0 Å². The molecule has 5 rings (SSSR count). The Morgan fingerprint density at radius 1 is 1.14 bits per heavy atom. The number of aromatic amines is 1. The number of likely N-dealkylation sites (tertiary alicyclic amines) is 1. The third-order valence-electron chi connectivity index (χ3n) is 5.74. The fourth-order valence-corrected chi connectivity index (χ4v) is 4.53. The van der Waals surface area contributed by atoms with Crippen molar-refractivity contribution in [2.24, 2.45) is 0 Å². The van der Waals surface area contributed by atoms with Gasteiger partial charge in [0.15, 0.2) is 6.10 Å². The molecule has 2 aliphatic rings. The smallest absolute Gasteiger partial charge is 0.326 e. The van der Waals surface area contributed by atoms with Gasteiger partial charge in [-0.3, -0.25) is 9.36 Å². The molecule has 1 N–H and O–H groups in total. The Hall–Kier alpha value is -2.73. The number of hydrogen-bond acceptors (Lipinski definition) is 3. The Balaban J connectivity index is 1.28. The molecule has 1 fully saturated rings. The average molecular weight is 398 g/mol. The molecule has 0 radical (unpaired) electrons. The van der Waals surface area contributed by atoms with Crippen LogP contribution < -0.4 is 10.4 Å². The summed E-state index contributed by atoms with van der Waals surface area (Å²) < 4.78 is 7.68. The quantitative estimate of drug-likeness (QED) is 0.722. The van der Waals surface area contributed by atoms with E-state index in [2.05, 4.69) is 4.98 Å². The summed E-state index contributed by atoms with van der Waals surface area (Å²) in [7, 11) is 0. The van der Waals surface area contributed by atoms with Crippen molar-refractivity contribution in [3.63, 3.8) is 0 Å². The van der Waals surface area contributed by atoms with Crippen LogP contribution in [0.1, 0.15) is 24.4 Å². The number of fused-ring (bicyclic) bond motifs is 2. The summed E-state index contributed by atoms with van der Waals surface area (Å²) >= 11 is 6.04. The van der Waals surface area contributed by atoms with Gasteiger partial charge in [-0.2, -0.15) is 0 Å². The van der Waals surface area contributed by atoms with E-state index in [1.54, 1.807) is 6.07 Å². The van der Waals surface area contributed by atoms with Gasteiger partial charge < -0.3 is 14.6 Å². The molecule has 1 atom stereocenters. The topological polar surface area (TPSA) is 67.3 Å². The highest BCUT2D eigenvalue weighted by Crippen LogP contribution is 2.33. The normalized spacial score (nSPS) is 19.6. The van der Waals surface area contributed by atoms with Crippen molar-refractivity contribution in [2.45, 2.75) is 31.4 Å². The number of nitrogens with one attached hydrogen (secondary N) is 1. The lowest BCUT2D eigenvalue weighted by Crippen LogP contribution is -2.46. The number of carbonyl (C=O) groups excluding carboxylic acids is 1. The van der Waals surface area contributed by atoms with E-state index >= 15 is 0 Å². The van der Waals surface area contributed by atoms with E-state index in [9.17, 15) is 9.59 Å². The minimum atomic E-state index is -0.485. The van der Waals surface area contributed by atoms with Crippen molar-refractivity contribution in [3.05, 3.63) is 63.5 Å². The number of halogens is 1. The fourth-order valence-electron chi connectivity index (χ4n) is 4.34. The maximum atomic E-state index is 12.9. The second-order valence-corrected chi connectivity index (χ2v) is 7.87. The van der Waals surface area contributed by atoms with Crippen molar-refractivity contribution >= 4 is 28.5 Å². The molecule has 3 aromatic rings. The van der Waals surface area contributed by atoms with Gasteiger partial charge in [-0.05, 0) is 48.7 Å². The molecular weight excluding hydrogens is 378 g/mol. The first-order chi connectivity index (χ1) is 13.6. The number of rotatable bonds is 2. The maximum absolute atomic E-state index is 12.9. The number of benzene rings is 2. The molecule has 0 spiro atoms. The van der Waals surface area contributed by atoms with Gasteiger partial charge in [0.1, 0.15) is 5.75 Å². The molecule has 1 unspecified atom stereocenters. The Bertz CT molecular complexity index is 1110. The summed E-state index contributed by atoms with van der Waals surface area (Å²) in [6.45, 7) is 1.23. The number of para-hydroxylation sites is 2. The van der Waals surface area contributed by atoms with Gasteiger partial charge in [0.2, 0.25) is 0 Å². The highest BCUT2D eigenvalue weighted by molar-refractivity contribution is 6.30. The number of imidazole rings is 1. The van der Waals surface area contributed by atoms with E-state index < -0.39 is 6.10 Å². The number of ether oxygens (including phenoxy) is 1. The lowest BCUT2D eigenvalue weighted by molar-refractivity contribution is -0.139. The second-order valence-electron chi connectivity index (χ2n) is 7.44. The SMILES string of the molecule is O=C(C1Cc2cc(Cl)ccc2O1)N1CCC(n2c(=O)[nH]c3ccccc32)CC1. The third kappa shape index (κ3) is 2.88. The lowest BCUT2D eigenvalue weighted by atomic mass is 10.0. The first kappa shape index (κ1) is 17.4. The minimum absolute atomic E-state index is 0.0112. The summed E-state index contributed by atoms with van der Waals surface area (Å²) in [6.07, 6.45) is 1.56. The minimum Gasteiger partial charge on any atom is -0.480 e. The molecule has 2 aliphatic heterocycles. The summed E-state index contributed by atoms with van der Waals surface area (Å²) in [6, 6.07) is 13.3. The molecule has 1 aromatic heterocycles. The molecule has 0 saturated carbocycles. The van der Waals surface area contributed by atoms with Crippen LogP contribution in [0.25, 0.3) is 11.0 Å². The molecule has 1 amide bonds. The van der Waals surface area contributed by atoms with E-state index in [0.717, 1.165) is 35.2 Å². The highest BCUT2D eigenvalue weighted by Gasteiger charge is 2.34. The molecule has 1 saturated heterocycles. The predicted octanol–water partition coefficient (Wildman–Crippen LogP) is 3.15. The van der Waals surface area contributed by atoms with Crippen LogP contribution in [0.3, 0.4) is 0 Å². The summed E-state index contributed by atoms with van der Waals surface area (Å²) in [4.78, 5) is 30.1. The van der Waals surface area contributed by atoms with Crippen LogP contribution >= 0.6 is 11.6 Å². The van der Waals surface area contributed by atoms with E-state index in [1.165, 1.54) is 0 Å². The molecule has 28 heavy (non-hydrogen) atoms. The summed E-state index contributed by atoms with van der Waals surface area (Å²) in [5, 5.41) is 0.653. The molecule has 0 aliphatic carbocycles. The van der Waals surface area contributed by atoms with Crippen LogP contribution in [0.5, 0.6) is 5.75 Å². The number of piperidine rings is 1. The number of hydrogen-bond donors (Lipinski definition) is 1. The van der Waals surface area contributed by atoms with Crippen molar-refractivity contribution in [1.29, 1.82) is 0 Å². The largest absolute Gasteiger partial charge is 0.480 e. The van der Waals surface area contributed by atoms with Crippen molar-refractivity contribution < 1.29 is 9.53 Å². The van der Waals surface area contributed by atoms with Crippen LogP contribution in [0.2, 0.25) is 5.02 Å². The maximum Gasteiger partial charge on any atom is 0.326 e. The average Bonchev–Trinajstić information content (AvgIpc) is 3.27. The number of nitrogens with zero attached hydrogens (tertiary/aromatic N) is 2. The van der Waals surface area contributed by atoms with Crippen molar-refractivity contribution in [1.82, 2.24) is 14.5 Å². The first-order valence-electron chi connectivity index (χ1n) is 9.53. The molecule has 7 heteroatoms. The second kappa shape index (κ2) is 6.71. The van der Waals surface area contributed by atoms with Gasteiger partial charge in [-0.1, -0.05) is 23.7 Å². The molecular formula is C21H20ClN3O3. The fraction of sp³-hybridized carbons (Fsp3) is 0.333. The zero-order chi connectivity index (χ0) is 19.3. The zero-order valence-electron chi connectivity index (χ0n) is 15.2. The number of amides is 1. The van der Waals surface area contributed by atoms with Crippen molar-refractivity contribution in [3.8, 4) is 5.75 Å². The Morgan fingerprint density at radius 2 is 1.93 bits per heavy atom. The van der Waals surface area contributed by atoms with Gasteiger partial charge in [0.05, 0.1) is 11.0 Å². The van der Waals surface area contributed by atoms with Crippen LogP contribution in [-0.2, 0) is 11.2 Å². The van der Waals surface area contributed by atoms with Gasteiger partial charge >= 0.3 is 5.69 Å². The Labute approximate surface area is 166 Å². The number of H-pyrrole nitrogens is 1. The standard InChI is InChI=1S/C21H20ClN3O3/c22-14-5-6-18-13(11-14)12-19(28-18)20(26)24-9-7-15(8-10-24)25-17-4-2-1-3-16(17)23-21(25)27/h1-6,11,15,19H,7-10,12H2,(H,23,27). The first-order valence-corrected chi connectivity index (χ1v) is 9.91. The van der Waals surface area contributed by atoms with E-state index in [4.69, 9.17) is 16.3 Å². The zero-order valence-corrected chi connectivity index (χ0v) is 16.0. The van der Waals surface area contributed by atoms with E-state index in [0.29, 0.717) is 24.5 Å². The number of carbonyl (C=O) groups is 1. The van der Waals surface area contributed by atoms with Crippen molar-refractivity contribution in [2.75, 3.05) is 13.1 Å². The van der Waals surface area contributed by atoms with Crippen LogP contribution in [-0.4, -0.2) is 39.6 Å². The number of aromatic nitrogens is 2. The molecule has 3 heterocycles. The monoisotopic (exact) mass is 397 g/mol. The van der Waals surface area contributed by atoms with Crippen LogP contribution in [0, 0.1) is 0 Å². The summed E-state index contributed by atoms with van der Waals surface area (Å²) in [5.74, 6) is 0.750. The Kier molecular flexibility index (Phi) is 4.16. The molecule has 2 aromatic carbocycles. The molecule has 144 valence electrons.